The number of carbonyl (C=O) groups excluding carboxylic acids is 3. The summed E-state index contributed by atoms with van der Waals surface area (Å²) in [5, 5.41) is 0. The van der Waals surface area contributed by atoms with Gasteiger partial charge in [0, 0.05) is 18.8 Å². The van der Waals surface area contributed by atoms with Crippen LogP contribution in [0.25, 0.3) is 0 Å². The van der Waals surface area contributed by atoms with E-state index in [0.29, 0.717) is 12.2 Å². The van der Waals surface area contributed by atoms with E-state index in [2.05, 4.69) is 0 Å². The van der Waals surface area contributed by atoms with Crippen LogP contribution in [0, 0.1) is 5.92 Å². The van der Waals surface area contributed by atoms with Crippen molar-refractivity contribution in [2.75, 3.05) is 0 Å². The monoisotopic (exact) mass is 310 g/mol. The minimum atomic E-state index is -0.0567. The van der Waals surface area contributed by atoms with Crippen molar-refractivity contribution in [1.29, 1.82) is 0 Å². The van der Waals surface area contributed by atoms with Crippen LogP contribution in [0.4, 0.5) is 0 Å². The molecule has 0 fully saturated rings. The van der Waals surface area contributed by atoms with Gasteiger partial charge in [-0.05, 0) is 33.6 Å². The van der Waals surface area contributed by atoms with E-state index in [1.165, 1.54) is 38.5 Å². The molecule has 0 spiro atoms. The van der Waals surface area contributed by atoms with Gasteiger partial charge in [0.25, 0.3) is 0 Å². The lowest BCUT2D eigenvalue weighted by Crippen LogP contribution is -2.14. The summed E-state index contributed by atoms with van der Waals surface area (Å²) in [4.78, 5) is 33.3. The Kier molecular flexibility index (Phi) is 13.0. The molecule has 3 nitrogen and oxygen atoms in total. The van der Waals surface area contributed by atoms with E-state index in [9.17, 15) is 14.4 Å². The SMILES string of the molecule is CC(=O)CCCCCCCCCCCC(CC(C)=O)C(C)=O. The molecule has 0 N–H and O–H groups in total. The maximum Gasteiger partial charge on any atom is 0.133 e. The van der Waals surface area contributed by atoms with Crippen LogP contribution in [-0.2, 0) is 14.4 Å². The van der Waals surface area contributed by atoms with Gasteiger partial charge in [0.1, 0.15) is 17.3 Å². The highest BCUT2D eigenvalue weighted by Crippen LogP contribution is 2.17. The lowest BCUT2D eigenvalue weighted by molar-refractivity contribution is -0.126. The van der Waals surface area contributed by atoms with Gasteiger partial charge < -0.3 is 9.59 Å². The maximum absolute atomic E-state index is 11.4. The Morgan fingerprint density at radius 3 is 1.50 bits per heavy atom. The van der Waals surface area contributed by atoms with Crippen LogP contribution in [-0.4, -0.2) is 17.3 Å². The Morgan fingerprint density at radius 1 is 0.636 bits per heavy atom. The molecule has 1 atom stereocenters. The molecule has 0 aliphatic rings. The molecule has 3 heteroatoms. The summed E-state index contributed by atoms with van der Waals surface area (Å²) in [5.74, 6) is 0.512. The quantitative estimate of drug-likeness (QED) is 0.398. The zero-order valence-electron chi connectivity index (χ0n) is 14.8. The van der Waals surface area contributed by atoms with Gasteiger partial charge in [0.15, 0.2) is 0 Å². The van der Waals surface area contributed by atoms with Crippen molar-refractivity contribution >= 4 is 17.3 Å². The largest absolute Gasteiger partial charge is 0.300 e. The molecule has 0 saturated carbocycles. The van der Waals surface area contributed by atoms with Crippen molar-refractivity contribution < 1.29 is 14.4 Å². The van der Waals surface area contributed by atoms with E-state index >= 15 is 0 Å². The van der Waals surface area contributed by atoms with Gasteiger partial charge >= 0.3 is 0 Å². The maximum atomic E-state index is 11.4. The molecule has 1 unspecified atom stereocenters. The van der Waals surface area contributed by atoms with Crippen LogP contribution >= 0.6 is 0 Å². The summed E-state index contributed by atoms with van der Waals surface area (Å²) in [5.41, 5.74) is 0. The van der Waals surface area contributed by atoms with Gasteiger partial charge in [-0.15, -0.1) is 0 Å². The fraction of sp³-hybridized carbons (Fsp3) is 0.842. The fourth-order valence-corrected chi connectivity index (χ4v) is 2.80. The Balaban J connectivity index is 3.40. The average Bonchev–Trinajstić information content (AvgIpc) is 2.42. The molecule has 0 bridgehead atoms. The van der Waals surface area contributed by atoms with Crippen molar-refractivity contribution in [2.24, 2.45) is 5.92 Å². The first kappa shape index (κ1) is 21.0. The van der Waals surface area contributed by atoms with Crippen molar-refractivity contribution in [3.8, 4) is 0 Å². The molecule has 0 saturated heterocycles. The third-order valence-corrected chi connectivity index (χ3v) is 4.19. The summed E-state index contributed by atoms with van der Waals surface area (Å²) < 4.78 is 0. The number of Topliss-reactive ketones (excluding diaryl/α,β-unsaturated/α-hetero) is 3. The van der Waals surface area contributed by atoms with E-state index in [0.717, 1.165) is 32.1 Å². The van der Waals surface area contributed by atoms with Crippen LogP contribution in [0.3, 0.4) is 0 Å². The Morgan fingerprint density at radius 2 is 1.09 bits per heavy atom. The molecule has 0 rings (SSSR count). The lowest BCUT2D eigenvalue weighted by atomic mass is 9.92. The second-order valence-electron chi connectivity index (χ2n) is 6.64. The van der Waals surface area contributed by atoms with Gasteiger partial charge in [-0.1, -0.05) is 51.4 Å². The van der Waals surface area contributed by atoms with Gasteiger partial charge in [-0.2, -0.15) is 0 Å². The Bertz CT molecular complexity index is 334. The molecule has 0 aliphatic carbocycles. The number of ketones is 3. The topological polar surface area (TPSA) is 51.2 Å². The van der Waals surface area contributed by atoms with Gasteiger partial charge in [-0.25, -0.2) is 0 Å². The Labute approximate surface area is 136 Å². The average molecular weight is 310 g/mol. The van der Waals surface area contributed by atoms with E-state index in [-0.39, 0.29) is 17.5 Å². The highest BCUT2D eigenvalue weighted by Gasteiger charge is 2.15. The molecule has 0 aromatic rings. The van der Waals surface area contributed by atoms with Crippen LogP contribution in [0.5, 0.6) is 0 Å². The summed E-state index contributed by atoms with van der Waals surface area (Å²) in [6.45, 7) is 4.82. The number of carbonyl (C=O) groups is 3. The normalized spacial score (nSPS) is 12.1. The first-order valence-corrected chi connectivity index (χ1v) is 8.92. The first-order chi connectivity index (χ1) is 10.4. The summed E-state index contributed by atoms with van der Waals surface area (Å²) in [7, 11) is 0. The number of unbranched alkanes of at least 4 members (excludes halogenated alkanes) is 8. The zero-order valence-corrected chi connectivity index (χ0v) is 14.8. The van der Waals surface area contributed by atoms with E-state index in [1.54, 1.807) is 20.8 Å². The smallest absolute Gasteiger partial charge is 0.133 e. The number of rotatable bonds is 15. The van der Waals surface area contributed by atoms with E-state index < -0.39 is 0 Å². The van der Waals surface area contributed by atoms with Crippen LogP contribution in [0.1, 0.15) is 97.8 Å². The van der Waals surface area contributed by atoms with Crippen molar-refractivity contribution in [2.45, 2.75) is 97.8 Å². The third kappa shape index (κ3) is 14.0. The first-order valence-electron chi connectivity index (χ1n) is 8.92. The molecule has 0 aromatic carbocycles. The van der Waals surface area contributed by atoms with Crippen LogP contribution < -0.4 is 0 Å². The standard InChI is InChI=1S/C19H34O3/c1-16(20)13-11-9-7-5-4-6-8-10-12-14-19(18(3)22)15-17(2)21/h19H,4-15H2,1-3H3. The summed E-state index contributed by atoms with van der Waals surface area (Å²) in [6.07, 6.45) is 12.7. The second kappa shape index (κ2) is 13.7. The minimum Gasteiger partial charge on any atom is -0.300 e. The molecule has 0 aliphatic heterocycles. The highest BCUT2D eigenvalue weighted by atomic mass is 16.1. The minimum absolute atomic E-state index is 0.0567. The molecule has 0 amide bonds. The molecule has 128 valence electrons. The fourth-order valence-electron chi connectivity index (χ4n) is 2.80. The van der Waals surface area contributed by atoms with Crippen molar-refractivity contribution in [3.63, 3.8) is 0 Å². The summed E-state index contributed by atoms with van der Waals surface area (Å²) >= 11 is 0. The molecule has 22 heavy (non-hydrogen) atoms. The lowest BCUT2D eigenvalue weighted by Gasteiger charge is -2.11. The second-order valence-corrected chi connectivity index (χ2v) is 6.64. The van der Waals surface area contributed by atoms with Crippen molar-refractivity contribution in [3.05, 3.63) is 0 Å². The third-order valence-electron chi connectivity index (χ3n) is 4.19. The predicted octanol–water partition coefficient (Wildman–Crippen LogP) is 5.05. The molecule has 0 radical (unpaired) electrons. The predicted molar refractivity (Wildman–Crippen MR) is 90.9 cm³/mol. The van der Waals surface area contributed by atoms with E-state index in [1.807, 2.05) is 0 Å². The van der Waals surface area contributed by atoms with E-state index in [4.69, 9.17) is 0 Å². The van der Waals surface area contributed by atoms with Crippen LogP contribution in [0.2, 0.25) is 0 Å². The molecule has 0 aromatic heterocycles. The molecular weight excluding hydrogens is 276 g/mol. The Hall–Kier alpha value is -0.990. The molecule has 0 heterocycles. The van der Waals surface area contributed by atoms with Gasteiger partial charge in [-0.3, -0.25) is 4.79 Å². The zero-order chi connectivity index (χ0) is 16.8. The van der Waals surface area contributed by atoms with Gasteiger partial charge in [0.05, 0.1) is 0 Å². The summed E-state index contributed by atoms with van der Waals surface area (Å²) in [6, 6.07) is 0. The van der Waals surface area contributed by atoms with Gasteiger partial charge in [0.2, 0.25) is 0 Å². The number of hydrogen-bond acceptors (Lipinski definition) is 3. The number of hydrogen-bond donors (Lipinski definition) is 0. The van der Waals surface area contributed by atoms with Crippen molar-refractivity contribution in [1.82, 2.24) is 0 Å². The van der Waals surface area contributed by atoms with Crippen LogP contribution in [0.15, 0.2) is 0 Å². The molecular formula is C19H34O3. The highest BCUT2D eigenvalue weighted by molar-refractivity contribution is 5.85.